The van der Waals surface area contributed by atoms with Crippen LogP contribution in [-0.2, 0) is 11.3 Å². The minimum Gasteiger partial charge on any atom is -0.508 e. The molecule has 2 aromatic rings. The summed E-state index contributed by atoms with van der Waals surface area (Å²) in [6.07, 6.45) is 1.51. The number of benzene rings is 2. The van der Waals surface area contributed by atoms with E-state index in [0.717, 1.165) is 16.7 Å². The molecular weight excluding hydrogens is 353 g/mol. The number of phenols is 1. The summed E-state index contributed by atoms with van der Waals surface area (Å²) in [6, 6.07) is 10.5. The van der Waals surface area contributed by atoms with Gasteiger partial charge in [-0.05, 0) is 47.7 Å². The van der Waals surface area contributed by atoms with Gasteiger partial charge in [0.2, 0.25) is 0 Å². The van der Waals surface area contributed by atoms with Gasteiger partial charge in [-0.2, -0.15) is 0 Å². The maximum Gasteiger partial charge on any atom is 0.293 e. The highest BCUT2D eigenvalue weighted by atomic mass is 35.5. The molecule has 2 aromatic carbocycles. The first-order valence-corrected chi connectivity index (χ1v) is 8.12. The van der Waals surface area contributed by atoms with Crippen LogP contribution in [0, 0.1) is 5.82 Å². The summed E-state index contributed by atoms with van der Waals surface area (Å²) in [5.41, 5.74) is 0.685. The molecular formula is C17H11ClFNO3S. The van der Waals surface area contributed by atoms with Gasteiger partial charge in [0.15, 0.2) is 0 Å². The third kappa shape index (κ3) is 3.29. The lowest BCUT2D eigenvalue weighted by molar-refractivity contribution is -0.123. The molecule has 24 heavy (non-hydrogen) atoms. The Bertz CT molecular complexity index is 848. The maximum absolute atomic E-state index is 13.9. The highest BCUT2D eigenvalue weighted by molar-refractivity contribution is 8.18. The Labute approximate surface area is 146 Å². The van der Waals surface area contributed by atoms with Gasteiger partial charge in [0.1, 0.15) is 11.6 Å². The Hall–Kier alpha value is -2.31. The number of imide groups is 1. The molecule has 122 valence electrons. The number of halogens is 2. The van der Waals surface area contributed by atoms with Crippen molar-refractivity contribution < 1.29 is 19.1 Å². The number of phenolic OH excluding ortho intramolecular Hbond substituents is 1. The third-order valence-corrected chi connectivity index (χ3v) is 4.68. The van der Waals surface area contributed by atoms with Crippen LogP contribution in [0.15, 0.2) is 47.4 Å². The van der Waals surface area contributed by atoms with Crippen molar-refractivity contribution in [3.05, 3.63) is 69.3 Å². The molecule has 0 bridgehead atoms. The van der Waals surface area contributed by atoms with E-state index in [1.807, 2.05) is 0 Å². The van der Waals surface area contributed by atoms with E-state index in [0.29, 0.717) is 5.56 Å². The molecule has 0 radical (unpaired) electrons. The van der Waals surface area contributed by atoms with E-state index < -0.39 is 17.0 Å². The van der Waals surface area contributed by atoms with Crippen LogP contribution >= 0.6 is 23.4 Å². The lowest BCUT2D eigenvalue weighted by Gasteiger charge is -2.14. The van der Waals surface area contributed by atoms with E-state index >= 15 is 0 Å². The standard InChI is InChI=1S/C17H11ClFNO3S/c18-13-5-2-6-14(19)12(13)9-20-16(22)15(24-17(20)23)8-10-3-1-4-11(21)7-10/h1-8,21H,9H2/b15-8+. The van der Waals surface area contributed by atoms with Crippen LogP contribution < -0.4 is 0 Å². The fourth-order valence-electron chi connectivity index (χ4n) is 2.24. The van der Waals surface area contributed by atoms with Crippen molar-refractivity contribution in [1.29, 1.82) is 0 Å². The Morgan fingerprint density at radius 2 is 1.96 bits per heavy atom. The molecule has 0 unspecified atom stereocenters. The highest BCUT2D eigenvalue weighted by Crippen LogP contribution is 2.34. The number of amides is 2. The molecule has 3 rings (SSSR count). The van der Waals surface area contributed by atoms with Crippen LogP contribution in [-0.4, -0.2) is 21.2 Å². The molecule has 0 saturated carbocycles. The lowest BCUT2D eigenvalue weighted by atomic mass is 10.2. The van der Waals surface area contributed by atoms with Gasteiger partial charge >= 0.3 is 0 Å². The summed E-state index contributed by atoms with van der Waals surface area (Å²) < 4.78 is 13.9. The zero-order valence-corrected chi connectivity index (χ0v) is 13.8. The molecule has 1 saturated heterocycles. The second-order valence-electron chi connectivity index (χ2n) is 5.06. The molecule has 0 atom stereocenters. The van der Waals surface area contributed by atoms with Crippen molar-refractivity contribution >= 4 is 40.6 Å². The van der Waals surface area contributed by atoms with E-state index in [1.54, 1.807) is 12.1 Å². The summed E-state index contributed by atoms with van der Waals surface area (Å²) in [5, 5.41) is 9.12. The molecule has 4 nitrogen and oxygen atoms in total. The number of carbonyl (C=O) groups excluding carboxylic acids is 2. The lowest BCUT2D eigenvalue weighted by Crippen LogP contribution is -2.28. The van der Waals surface area contributed by atoms with E-state index in [1.165, 1.54) is 36.4 Å². The quantitative estimate of drug-likeness (QED) is 0.820. The molecule has 0 spiro atoms. The normalized spacial score (nSPS) is 16.2. The minimum absolute atomic E-state index is 0.0566. The number of aromatic hydroxyl groups is 1. The Kier molecular flexibility index (Phi) is 4.59. The zero-order valence-electron chi connectivity index (χ0n) is 12.2. The molecule has 0 aliphatic carbocycles. The SMILES string of the molecule is O=C1S/C(=C/c2cccc(O)c2)C(=O)N1Cc1c(F)cccc1Cl. The summed E-state index contributed by atoms with van der Waals surface area (Å²) >= 11 is 6.71. The molecule has 1 N–H and O–H groups in total. The van der Waals surface area contributed by atoms with Crippen LogP contribution in [0.25, 0.3) is 6.08 Å². The number of hydrogen-bond donors (Lipinski definition) is 1. The van der Waals surface area contributed by atoms with Crippen molar-refractivity contribution in [2.45, 2.75) is 6.54 Å². The first kappa shape index (κ1) is 16.5. The van der Waals surface area contributed by atoms with Gasteiger partial charge in [-0.25, -0.2) is 4.39 Å². The predicted octanol–water partition coefficient (Wildman–Crippen LogP) is 4.42. The van der Waals surface area contributed by atoms with Crippen molar-refractivity contribution in [3.8, 4) is 5.75 Å². The van der Waals surface area contributed by atoms with Gasteiger partial charge in [0.25, 0.3) is 11.1 Å². The second-order valence-corrected chi connectivity index (χ2v) is 6.46. The number of carbonyl (C=O) groups is 2. The average molecular weight is 364 g/mol. The fraction of sp³-hybridized carbons (Fsp3) is 0.0588. The van der Waals surface area contributed by atoms with Gasteiger partial charge in [-0.3, -0.25) is 14.5 Å². The van der Waals surface area contributed by atoms with Crippen LogP contribution in [0.2, 0.25) is 5.02 Å². The number of nitrogens with zero attached hydrogens (tertiary/aromatic N) is 1. The van der Waals surface area contributed by atoms with Gasteiger partial charge in [0.05, 0.1) is 11.4 Å². The molecule has 0 aromatic heterocycles. The molecule has 1 heterocycles. The van der Waals surface area contributed by atoms with Gasteiger partial charge in [-0.15, -0.1) is 0 Å². The largest absolute Gasteiger partial charge is 0.508 e. The zero-order chi connectivity index (χ0) is 17.3. The van der Waals surface area contributed by atoms with Crippen LogP contribution in [0.5, 0.6) is 5.75 Å². The average Bonchev–Trinajstić information content (AvgIpc) is 2.78. The monoisotopic (exact) mass is 363 g/mol. The fourth-order valence-corrected chi connectivity index (χ4v) is 3.30. The van der Waals surface area contributed by atoms with Gasteiger partial charge < -0.3 is 5.11 Å². The Morgan fingerprint density at radius 3 is 2.67 bits per heavy atom. The first-order chi connectivity index (χ1) is 11.5. The molecule has 1 aliphatic heterocycles. The van der Waals surface area contributed by atoms with Crippen LogP contribution in [0.4, 0.5) is 9.18 Å². The van der Waals surface area contributed by atoms with Crippen LogP contribution in [0.3, 0.4) is 0 Å². The summed E-state index contributed by atoms with van der Waals surface area (Å²) in [6.45, 7) is -0.229. The molecule has 1 aliphatic rings. The van der Waals surface area contributed by atoms with E-state index in [-0.39, 0.29) is 27.8 Å². The predicted molar refractivity (Wildman–Crippen MR) is 91.0 cm³/mol. The number of hydrogen-bond acceptors (Lipinski definition) is 4. The Morgan fingerprint density at radius 1 is 1.21 bits per heavy atom. The minimum atomic E-state index is -0.571. The third-order valence-electron chi connectivity index (χ3n) is 3.42. The number of thioether (sulfide) groups is 1. The summed E-state index contributed by atoms with van der Waals surface area (Å²) in [5.74, 6) is -1.03. The van der Waals surface area contributed by atoms with Crippen molar-refractivity contribution in [2.24, 2.45) is 0 Å². The summed E-state index contributed by atoms with van der Waals surface area (Å²) in [4.78, 5) is 25.7. The Balaban J connectivity index is 1.87. The van der Waals surface area contributed by atoms with E-state index in [4.69, 9.17) is 11.6 Å². The number of rotatable bonds is 3. The van der Waals surface area contributed by atoms with E-state index in [9.17, 15) is 19.1 Å². The first-order valence-electron chi connectivity index (χ1n) is 6.93. The molecule has 1 fully saturated rings. The van der Waals surface area contributed by atoms with Crippen LogP contribution in [0.1, 0.15) is 11.1 Å². The van der Waals surface area contributed by atoms with Gasteiger partial charge in [-0.1, -0.05) is 29.8 Å². The van der Waals surface area contributed by atoms with E-state index in [2.05, 4.69) is 0 Å². The molecule has 2 amide bonds. The second kappa shape index (κ2) is 6.67. The maximum atomic E-state index is 13.9. The van der Waals surface area contributed by atoms with Crippen molar-refractivity contribution in [2.75, 3.05) is 0 Å². The van der Waals surface area contributed by atoms with Crippen molar-refractivity contribution in [1.82, 2.24) is 4.90 Å². The topological polar surface area (TPSA) is 57.6 Å². The highest BCUT2D eigenvalue weighted by Gasteiger charge is 2.35. The smallest absolute Gasteiger partial charge is 0.293 e. The summed E-state index contributed by atoms with van der Waals surface area (Å²) in [7, 11) is 0. The van der Waals surface area contributed by atoms with Gasteiger partial charge in [0, 0.05) is 10.6 Å². The molecule has 7 heteroatoms. The van der Waals surface area contributed by atoms with Crippen molar-refractivity contribution in [3.63, 3.8) is 0 Å².